The van der Waals surface area contributed by atoms with Gasteiger partial charge in [0.15, 0.2) is 0 Å². The predicted molar refractivity (Wildman–Crippen MR) is 41.7 cm³/mol. The topological polar surface area (TPSA) is 40.5 Å². The van der Waals surface area contributed by atoms with E-state index < -0.39 is 6.10 Å². The van der Waals surface area contributed by atoms with E-state index in [-0.39, 0.29) is 17.9 Å². The van der Waals surface area contributed by atoms with Crippen LogP contribution in [-0.4, -0.2) is 22.9 Å². The van der Waals surface area contributed by atoms with Crippen molar-refractivity contribution in [1.29, 1.82) is 0 Å². The quantitative estimate of drug-likeness (QED) is 0.610. The fourth-order valence-corrected chi connectivity index (χ4v) is 1.15. The van der Waals surface area contributed by atoms with Gasteiger partial charge < -0.3 is 10.2 Å². The molecule has 0 bridgehead atoms. The molecule has 10 heavy (non-hydrogen) atoms. The average molecular weight is 146 g/mol. The summed E-state index contributed by atoms with van der Waals surface area (Å²) in [6, 6.07) is 0. The number of rotatable bonds is 2. The van der Waals surface area contributed by atoms with Crippen LogP contribution in [0.15, 0.2) is 0 Å². The van der Waals surface area contributed by atoms with Crippen LogP contribution in [0, 0.1) is 11.3 Å². The van der Waals surface area contributed by atoms with E-state index in [1.54, 1.807) is 6.92 Å². The smallest absolute Gasteiger partial charge is 0.0567 e. The van der Waals surface area contributed by atoms with E-state index in [4.69, 9.17) is 5.11 Å². The van der Waals surface area contributed by atoms with Crippen molar-refractivity contribution in [3.8, 4) is 0 Å². The second kappa shape index (κ2) is 3.35. The molecule has 2 heteroatoms. The Morgan fingerprint density at radius 1 is 1.30 bits per heavy atom. The highest BCUT2D eigenvalue weighted by Gasteiger charge is 2.27. The first kappa shape index (κ1) is 9.92. The first-order valence-corrected chi connectivity index (χ1v) is 3.68. The highest BCUT2D eigenvalue weighted by atomic mass is 16.3. The zero-order valence-electron chi connectivity index (χ0n) is 7.26. The molecule has 2 unspecified atom stereocenters. The summed E-state index contributed by atoms with van der Waals surface area (Å²) in [4.78, 5) is 0. The molecular formula is C8H18O2. The maximum absolute atomic E-state index is 9.19. The zero-order chi connectivity index (χ0) is 8.36. The Balaban J connectivity index is 4.07. The number of aliphatic hydroxyl groups excluding tert-OH is 2. The summed E-state index contributed by atoms with van der Waals surface area (Å²) in [5.74, 6) is -0.0208. The Hall–Kier alpha value is -0.0800. The van der Waals surface area contributed by atoms with Crippen LogP contribution < -0.4 is 0 Å². The largest absolute Gasteiger partial charge is 0.396 e. The maximum atomic E-state index is 9.19. The van der Waals surface area contributed by atoms with Gasteiger partial charge in [-0.25, -0.2) is 0 Å². The van der Waals surface area contributed by atoms with Crippen molar-refractivity contribution in [2.75, 3.05) is 6.61 Å². The molecule has 0 radical (unpaired) electrons. The van der Waals surface area contributed by atoms with Gasteiger partial charge in [0.1, 0.15) is 0 Å². The van der Waals surface area contributed by atoms with E-state index in [1.165, 1.54) is 0 Å². The van der Waals surface area contributed by atoms with E-state index in [2.05, 4.69) is 0 Å². The average Bonchev–Trinajstić information content (AvgIpc) is 1.60. The molecule has 62 valence electrons. The summed E-state index contributed by atoms with van der Waals surface area (Å²) in [7, 11) is 0. The fraction of sp³-hybridized carbons (Fsp3) is 1.00. The van der Waals surface area contributed by atoms with Crippen LogP contribution in [0.5, 0.6) is 0 Å². The summed E-state index contributed by atoms with van der Waals surface area (Å²) in [5.41, 5.74) is -0.0110. The zero-order valence-corrected chi connectivity index (χ0v) is 7.26. The summed E-state index contributed by atoms with van der Waals surface area (Å²) in [6.07, 6.45) is -0.426. The van der Waals surface area contributed by atoms with Crippen LogP contribution >= 0.6 is 0 Å². The molecule has 0 spiro atoms. The van der Waals surface area contributed by atoms with Gasteiger partial charge in [0.2, 0.25) is 0 Å². The molecule has 0 amide bonds. The van der Waals surface area contributed by atoms with Crippen molar-refractivity contribution in [3.63, 3.8) is 0 Å². The highest BCUT2D eigenvalue weighted by Crippen LogP contribution is 2.27. The van der Waals surface area contributed by atoms with Crippen LogP contribution in [0.2, 0.25) is 0 Å². The van der Waals surface area contributed by atoms with Gasteiger partial charge in [-0.3, -0.25) is 0 Å². The number of hydrogen-bond acceptors (Lipinski definition) is 2. The van der Waals surface area contributed by atoms with Crippen molar-refractivity contribution in [3.05, 3.63) is 0 Å². The molecule has 0 aliphatic rings. The highest BCUT2D eigenvalue weighted by molar-refractivity contribution is 4.76. The van der Waals surface area contributed by atoms with Gasteiger partial charge in [-0.1, -0.05) is 20.8 Å². The van der Waals surface area contributed by atoms with E-state index in [0.29, 0.717) is 0 Å². The van der Waals surface area contributed by atoms with Crippen LogP contribution in [0.4, 0.5) is 0 Å². The maximum Gasteiger partial charge on any atom is 0.0567 e. The van der Waals surface area contributed by atoms with Gasteiger partial charge in [0.05, 0.1) is 6.10 Å². The van der Waals surface area contributed by atoms with Crippen LogP contribution in [0.25, 0.3) is 0 Å². The van der Waals surface area contributed by atoms with E-state index in [1.807, 2.05) is 20.8 Å². The summed E-state index contributed by atoms with van der Waals surface area (Å²) in [5, 5.41) is 18.1. The first-order valence-electron chi connectivity index (χ1n) is 3.68. The Morgan fingerprint density at radius 2 is 1.70 bits per heavy atom. The van der Waals surface area contributed by atoms with Gasteiger partial charge >= 0.3 is 0 Å². The first-order chi connectivity index (χ1) is 4.39. The van der Waals surface area contributed by atoms with Crippen molar-refractivity contribution in [2.24, 2.45) is 11.3 Å². The van der Waals surface area contributed by atoms with Gasteiger partial charge in [-0.05, 0) is 12.3 Å². The number of aliphatic hydroxyl groups is 2. The lowest BCUT2D eigenvalue weighted by molar-refractivity contribution is 0.0164. The lowest BCUT2D eigenvalue weighted by Gasteiger charge is -2.31. The van der Waals surface area contributed by atoms with Crippen LogP contribution in [0.3, 0.4) is 0 Å². The lowest BCUT2D eigenvalue weighted by atomic mass is 9.78. The molecule has 0 heterocycles. The molecule has 0 rings (SSSR count). The van der Waals surface area contributed by atoms with Crippen molar-refractivity contribution in [1.82, 2.24) is 0 Å². The normalized spacial score (nSPS) is 18.6. The standard InChI is InChI=1S/C8H18O2/c1-6(10)7(5-9)8(2,3)4/h6-7,9-10H,5H2,1-4H3. The summed E-state index contributed by atoms with van der Waals surface area (Å²) in [6.45, 7) is 7.81. The molecule has 0 aromatic carbocycles. The molecule has 0 fully saturated rings. The minimum absolute atomic E-state index is 0.0110. The second-order valence-electron chi connectivity index (χ2n) is 3.90. The Bertz CT molecular complexity index is 91.9. The monoisotopic (exact) mass is 146 g/mol. The van der Waals surface area contributed by atoms with Gasteiger partial charge in [0.25, 0.3) is 0 Å². The summed E-state index contributed by atoms with van der Waals surface area (Å²) < 4.78 is 0. The van der Waals surface area contributed by atoms with Crippen molar-refractivity contribution in [2.45, 2.75) is 33.8 Å². The molecule has 0 aliphatic heterocycles. The van der Waals surface area contributed by atoms with Crippen LogP contribution in [-0.2, 0) is 0 Å². The van der Waals surface area contributed by atoms with Crippen LogP contribution in [0.1, 0.15) is 27.7 Å². The van der Waals surface area contributed by atoms with Gasteiger partial charge in [-0.2, -0.15) is 0 Å². The Labute approximate surface area is 62.9 Å². The third-order valence-electron chi connectivity index (χ3n) is 1.89. The molecule has 0 saturated carbocycles. The predicted octanol–water partition coefficient (Wildman–Crippen LogP) is 1.02. The molecule has 0 saturated heterocycles. The minimum atomic E-state index is -0.426. The third-order valence-corrected chi connectivity index (χ3v) is 1.89. The van der Waals surface area contributed by atoms with Crippen molar-refractivity contribution < 1.29 is 10.2 Å². The van der Waals surface area contributed by atoms with E-state index in [0.717, 1.165) is 0 Å². The molecule has 2 nitrogen and oxygen atoms in total. The Kier molecular flexibility index (Phi) is 3.33. The molecule has 0 aromatic heterocycles. The molecular weight excluding hydrogens is 128 g/mol. The number of hydrogen-bond donors (Lipinski definition) is 2. The van der Waals surface area contributed by atoms with E-state index >= 15 is 0 Å². The molecule has 2 atom stereocenters. The minimum Gasteiger partial charge on any atom is -0.396 e. The second-order valence-corrected chi connectivity index (χ2v) is 3.90. The third kappa shape index (κ3) is 2.67. The Morgan fingerprint density at radius 3 is 1.70 bits per heavy atom. The molecule has 0 aromatic rings. The lowest BCUT2D eigenvalue weighted by Crippen LogP contribution is -2.33. The van der Waals surface area contributed by atoms with E-state index in [9.17, 15) is 5.11 Å². The van der Waals surface area contributed by atoms with Gasteiger partial charge in [0, 0.05) is 12.5 Å². The fourth-order valence-electron chi connectivity index (χ4n) is 1.15. The SMILES string of the molecule is CC(O)C(CO)C(C)(C)C. The van der Waals surface area contributed by atoms with Gasteiger partial charge in [-0.15, -0.1) is 0 Å². The summed E-state index contributed by atoms with van der Waals surface area (Å²) >= 11 is 0. The molecule has 0 aliphatic carbocycles. The molecule has 2 N–H and O–H groups in total. The van der Waals surface area contributed by atoms with Crippen molar-refractivity contribution >= 4 is 0 Å².